The summed E-state index contributed by atoms with van der Waals surface area (Å²) in [6.07, 6.45) is 0. The molecule has 0 spiro atoms. The first kappa shape index (κ1) is 19.8. The number of piperazine rings is 1. The second kappa shape index (κ2) is 8.39. The molecule has 1 atom stereocenters. The van der Waals surface area contributed by atoms with Gasteiger partial charge in [0.15, 0.2) is 5.76 Å². The summed E-state index contributed by atoms with van der Waals surface area (Å²) >= 11 is 0. The molecule has 150 valence electrons. The van der Waals surface area contributed by atoms with Crippen LogP contribution in [0, 0.1) is 5.82 Å². The smallest absolute Gasteiger partial charge is 0.287 e. The van der Waals surface area contributed by atoms with E-state index < -0.39 is 11.7 Å². The lowest BCUT2D eigenvalue weighted by atomic mass is 10.2. The number of carbonyl (C=O) groups is 3. The van der Waals surface area contributed by atoms with Gasteiger partial charge in [0.25, 0.3) is 5.91 Å². The minimum Gasteiger partial charge on any atom is -0.451 e. The standard InChI is InChI=1S/C19H23FN4O4/c1-12(9-23(2)11-18(26)24-6-5-21-17(25)10-24)22-19(27)16-8-13-7-14(20)3-4-15(13)28-16/h3-4,7-8,12H,5-6,9-11H2,1-2H3,(H,21,25)(H,22,27). The molecule has 0 radical (unpaired) electrons. The molecule has 1 unspecified atom stereocenters. The summed E-state index contributed by atoms with van der Waals surface area (Å²) in [5.41, 5.74) is 0.437. The number of benzene rings is 1. The van der Waals surface area contributed by atoms with Crippen LogP contribution in [0.1, 0.15) is 17.5 Å². The summed E-state index contributed by atoms with van der Waals surface area (Å²) in [4.78, 5) is 39.3. The number of amides is 3. The van der Waals surface area contributed by atoms with Crippen LogP contribution in [0.5, 0.6) is 0 Å². The predicted molar refractivity (Wildman–Crippen MR) is 100 cm³/mol. The largest absolute Gasteiger partial charge is 0.451 e. The minimum absolute atomic E-state index is 0.0750. The van der Waals surface area contributed by atoms with Gasteiger partial charge in [0, 0.05) is 31.1 Å². The van der Waals surface area contributed by atoms with Crippen LogP contribution in [0.3, 0.4) is 0 Å². The normalized spacial score (nSPS) is 15.6. The summed E-state index contributed by atoms with van der Waals surface area (Å²) in [6, 6.07) is 5.30. The lowest BCUT2D eigenvalue weighted by molar-refractivity contribution is -0.138. The van der Waals surface area contributed by atoms with Crippen LogP contribution in [0.25, 0.3) is 11.0 Å². The van der Waals surface area contributed by atoms with Crippen LogP contribution in [-0.4, -0.2) is 73.3 Å². The van der Waals surface area contributed by atoms with Crippen LogP contribution >= 0.6 is 0 Å². The first-order valence-corrected chi connectivity index (χ1v) is 9.05. The van der Waals surface area contributed by atoms with Gasteiger partial charge in [-0.05, 0) is 38.2 Å². The number of halogens is 1. The van der Waals surface area contributed by atoms with Crippen molar-refractivity contribution in [2.45, 2.75) is 13.0 Å². The Morgan fingerprint density at radius 2 is 2.18 bits per heavy atom. The zero-order valence-corrected chi connectivity index (χ0v) is 15.8. The summed E-state index contributed by atoms with van der Waals surface area (Å²) in [7, 11) is 1.77. The van der Waals surface area contributed by atoms with Crippen molar-refractivity contribution in [1.29, 1.82) is 0 Å². The molecular formula is C19H23FN4O4. The van der Waals surface area contributed by atoms with Crippen molar-refractivity contribution >= 4 is 28.7 Å². The third kappa shape index (κ3) is 4.86. The maximum atomic E-state index is 13.3. The van der Waals surface area contributed by atoms with Crippen molar-refractivity contribution in [3.63, 3.8) is 0 Å². The number of fused-ring (bicyclic) bond motifs is 1. The van der Waals surface area contributed by atoms with Gasteiger partial charge in [0.1, 0.15) is 11.4 Å². The fraction of sp³-hybridized carbons (Fsp3) is 0.421. The molecule has 2 aromatic rings. The third-order valence-corrected chi connectivity index (χ3v) is 4.46. The second-order valence-corrected chi connectivity index (χ2v) is 7.03. The van der Waals surface area contributed by atoms with Crippen LogP contribution in [-0.2, 0) is 9.59 Å². The van der Waals surface area contributed by atoms with Crippen LogP contribution in [0.15, 0.2) is 28.7 Å². The van der Waals surface area contributed by atoms with E-state index in [0.29, 0.717) is 30.6 Å². The third-order valence-electron chi connectivity index (χ3n) is 4.46. The molecule has 1 aromatic carbocycles. The first-order valence-electron chi connectivity index (χ1n) is 9.05. The Labute approximate surface area is 161 Å². The SMILES string of the molecule is CC(CN(C)CC(=O)N1CCNC(=O)C1)NC(=O)c1cc2cc(F)ccc2o1. The molecule has 28 heavy (non-hydrogen) atoms. The number of hydrogen-bond donors (Lipinski definition) is 2. The van der Waals surface area contributed by atoms with E-state index in [1.807, 2.05) is 6.92 Å². The molecule has 0 bridgehead atoms. The van der Waals surface area contributed by atoms with Gasteiger partial charge in [0.05, 0.1) is 13.1 Å². The minimum atomic E-state index is -0.406. The Bertz CT molecular complexity index is 897. The van der Waals surface area contributed by atoms with Gasteiger partial charge >= 0.3 is 0 Å². The number of hydrogen-bond acceptors (Lipinski definition) is 5. The van der Waals surface area contributed by atoms with E-state index >= 15 is 0 Å². The van der Waals surface area contributed by atoms with Crippen LogP contribution < -0.4 is 10.6 Å². The average molecular weight is 390 g/mol. The maximum absolute atomic E-state index is 13.3. The lowest BCUT2D eigenvalue weighted by Gasteiger charge is -2.29. The van der Waals surface area contributed by atoms with Crippen molar-refractivity contribution < 1.29 is 23.2 Å². The van der Waals surface area contributed by atoms with Crippen molar-refractivity contribution in [3.8, 4) is 0 Å². The quantitative estimate of drug-likeness (QED) is 0.753. The zero-order valence-electron chi connectivity index (χ0n) is 15.8. The molecular weight excluding hydrogens is 367 g/mol. The average Bonchev–Trinajstić information content (AvgIpc) is 3.04. The Morgan fingerprint density at radius 3 is 2.93 bits per heavy atom. The van der Waals surface area contributed by atoms with E-state index in [0.717, 1.165) is 0 Å². The highest BCUT2D eigenvalue weighted by Gasteiger charge is 2.23. The van der Waals surface area contributed by atoms with Gasteiger partial charge in [-0.25, -0.2) is 4.39 Å². The lowest BCUT2D eigenvalue weighted by Crippen LogP contribution is -2.52. The molecule has 1 aliphatic heterocycles. The molecule has 0 saturated carbocycles. The Balaban J connectivity index is 1.50. The van der Waals surface area contributed by atoms with Crippen molar-refractivity contribution in [1.82, 2.24) is 20.4 Å². The Morgan fingerprint density at radius 1 is 1.39 bits per heavy atom. The van der Waals surface area contributed by atoms with Gasteiger partial charge in [-0.2, -0.15) is 0 Å². The number of nitrogens with one attached hydrogen (secondary N) is 2. The topological polar surface area (TPSA) is 94.9 Å². The summed E-state index contributed by atoms with van der Waals surface area (Å²) < 4.78 is 18.7. The summed E-state index contributed by atoms with van der Waals surface area (Å²) in [6.45, 7) is 3.43. The molecule has 8 nitrogen and oxygen atoms in total. The van der Waals surface area contributed by atoms with Gasteiger partial charge in [0.2, 0.25) is 11.8 Å². The Kier molecular flexibility index (Phi) is 5.93. The van der Waals surface area contributed by atoms with Crippen LogP contribution in [0.2, 0.25) is 0 Å². The number of likely N-dealkylation sites (N-methyl/N-ethyl adjacent to an activating group) is 1. The molecule has 9 heteroatoms. The number of nitrogens with zero attached hydrogens (tertiary/aromatic N) is 2. The van der Waals surface area contributed by atoms with Gasteiger partial charge in [-0.3, -0.25) is 19.3 Å². The first-order chi connectivity index (χ1) is 13.3. The Hall–Kier alpha value is -2.94. The number of carbonyl (C=O) groups excluding carboxylic acids is 3. The molecule has 1 aliphatic rings. The second-order valence-electron chi connectivity index (χ2n) is 7.03. The number of furan rings is 1. The van der Waals surface area contributed by atoms with E-state index in [4.69, 9.17) is 4.42 Å². The molecule has 3 rings (SSSR count). The van der Waals surface area contributed by atoms with Gasteiger partial charge < -0.3 is 20.0 Å². The van der Waals surface area contributed by atoms with Gasteiger partial charge in [-0.15, -0.1) is 0 Å². The van der Waals surface area contributed by atoms with E-state index in [2.05, 4.69) is 10.6 Å². The van der Waals surface area contributed by atoms with E-state index in [-0.39, 0.29) is 36.7 Å². The highest BCUT2D eigenvalue weighted by molar-refractivity contribution is 5.96. The summed E-state index contributed by atoms with van der Waals surface area (Å²) in [5, 5.41) is 6.00. The van der Waals surface area contributed by atoms with Crippen molar-refractivity contribution in [2.24, 2.45) is 0 Å². The molecule has 2 N–H and O–H groups in total. The zero-order chi connectivity index (χ0) is 20.3. The number of rotatable bonds is 6. The fourth-order valence-electron chi connectivity index (χ4n) is 3.18. The van der Waals surface area contributed by atoms with E-state index in [1.165, 1.54) is 29.2 Å². The molecule has 0 aliphatic carbocycles. The van der Waals surface area contributed by atoms with E-state index in [9.17, 15) is 18.8 Å². The molecule has 2 heterocycles. The highest BCUT2D eigenvalue weighted by Crippen LogP contribution is 2.20. The van der Waals surface area contributed by atoms with Crippen molar-refractivity contribution in [2.75, 3.05) is 39.8 Å². The molecule has 1 fully saturated rings. The van der Waals surface area contributed by atoms with Crippen LogP contribution in [0.4, 0.5) is 4.39 Å². The fourth-order valence-corrected chi connectivity index (χ4v) is 3.18. The molecule has 1 saturated heterocycles. The summed E-state index contributed by atoms with van der Waals surface area (Å²) in [5.74, 6) is -0.989. The van der Waals surface area contributed by atoms with E-state index in [1.54, 1.807) is 11.9 Å². The monoisotopic (exact) mass is 390 g/mol. The predicted octanol–water partition coefficient (Wildman–Crippen LogP) is 0.580. The van der Waals surface area contributed by atoms with Gasteiger partial charge in [-0.1, -0.05) is 0 Å². The highest BCUT2D eigenvalue weighted by atomic mass is 19.1. The molecule has 3 amide bonds. The maximum Gasteiger partial charge on any atom is 0.287 e. The molecule has 1 aromatic heterocycles. The van der Waals surface area contributed by atoms with Crippen molar-refractivity contribution in [3.05, 3.63) is 35.8 Å².